The molecular formula is C20H21ClN4O2. The van der Waals surface area contributed by atoms with Gasteiger partial charge in [-0.3, -0.25) is 0 Å². The Morgan fingerprint density at radius 2 is 2.04 bits per heavy atom. The summed E-state index contributed by atoms with van der Waals surface area (Å²) in [5.74, 6) is 1.93. The van der Waals surface area contributed by atoms with Crippen LogP contribution >= 0.6 is 11.6 Å². The zero-order valence-corrected chi connectivity index (χ0v) is 15.8. The number of anilines is 1. The van der Waals surface area contributed by atoms with Gasteiger partial charge in [-0.25, -0.2) is 9.78 Å². The molecule has 7 heteroatoms. The smallest absolute Gasteiger partial charge is 0.321 e. The van der Waals surface area contributed by atoms with Crippen LogP contribution < -0.4 is 10.1 Å². The number of aromatic nitrogens is 2. The minimum absolute atomic E-state index is 0.140. The molecule has 140 valence electrons. The van der Waals surface area contributed by atoms with Crippen LogP contribution in [0.1, 0.15) is 24.6 Å². The Bertz CT molecular complexity index is 931. The van der Waals surface area contributed by atoms with Crippen molar-refractivity contribution < 1.29 is 9.53 Å². The number of hydrogen-bond acceptors (Lipinski definition) is 3. The number of carbonyl (C=O) groups is 1. The Kier molecular flexibility index (Phi) is 4.90. The number of piperidine rings is 1. The first-order valence-electron chi connectivity index (χ1n) is 8.98. The van der Waals surface area contributed by atoms with Crippen LogP contribution in [0.15, 0.2) is 42.5 Å². The van der Waals surface area contributed by atoms with Crippen molar-refractivity contribution in [3.8, 4) is 5.75 Å². The van der Waals surface area contributed by atoms with Gasteiger partial charge in [-0.1, -0.05) is 23.7 Å². The van der Waals surface area contributed by atoms with Crippen molar-refractivity contribution in [3.63, 3.8) is 0 Å². The fourth-order valence-electron chi connectivity index (χ4n) is 3.49. The number of ether oxygens (including phenoxy) is 1. The number of amides is 2. The molecular weight excluding hydrogens is 364 g/mol. The Labute approximate surface area is 162 Å². The highest BCUT2D eigenvalue weighted by molar-refractivity contribution is 6.31. The van der Waals surface area contributed by atoms with Gasteiger partial charge in [0.1, 0.15) is 11.6 Å². The van der Waals surface area contributed by atoms with Crippen LogP contribution in [-0.4, -0.2) is 41.1 Å². The Balaban J connectivity index is 1.40. The van der Waals surface area contributed by atoms with Crippen molar-refractivity contribution in [2.75, 3.05) is 25.5 Å². The van der Waals surface area contributed by atoms with E-state index in [1.807, 2.05) is 29.2 Å². The molecule has 1 fully saturated rings. The number of nitrogens with zero attached hydrogens (tertiary/aromatic N) is 2. The highest BCUT2D eigenvalue weighted by atomic mass is 35.5. The molecule has 2 amide bonds. The number of benzene rings is 2. The summed E-state index contributed by atoms with van der Waals surface area (Å²) in [6.07, 6.45) is 1.75. The molecule has 6 nitrogen and oxygen atoms in total. The van der Waals surface area contributed by atoms with E-state index in [2.05, 4.69) is 10.3 Å². The molecule has 0 saturated carbocycles. The number of H-pyrrole nitrogens is 1. The Morgan fingerprint density at radius 3 is 2.78 bits per heavy atom. The lowest BCUT2D eigenvalue weighted by Crippen LogP contribution is -2.40. The third-order valence-corrected chi connectivity index (χ3v) is 5.21. The van der Waals surface area contributed by atoms with Crippen LogP contribution in [0, 0.1) is 0 Å². The van der Waals surface area contributed by atoms with E-state index in [0.717, 1.165) is 29.7 Å². The first kappa shape index (κ1) is 17.7. The molecule has 0 atom stereocenters. The third kappa shape index (κ3) is 3.71. The molecule has 2 N–H and O–H groups in total. The number of imidazole rings is 1. The fraction of sp³-hybridized carbons (Fsp3) is 0.300. The molecule has 0 radical (unpaired) electrons. The van der Waals surface area contributed by atoms with Gasteiger partial charge >= 0.3 is 6.03 Å². The number of hydrogen-bond donors (Lipinski definition) is 2. The summed E-state index contributed by atoms with van der Waals surface area (Å²) in [4.78, 5) is 22.6. The van der Waals surface area contributed by atoms with Crippen molar-refractivity contribution in [1.82, 2.24) is 14.9 Å². The zero-order chi connectivity index (χ0) is 18.8. The molecule has 0 bridgehead atoms. The molecule has 4 rings (SSSR count). The predicted molar refractivity (Wildman–Crippen MR) is 107 cm³/mol. The normalized spacial score (nSPS) is 15.1. The number of halogens is 1. The first-order chi connectivity index (χ1) is 13.1. The lowest BCUT2D eigenvalue weighted by Gasteiger charge is -2.31. The summed E-state index contributed by atoms with van der Waals surface area (Å²) in [6, 6.07) is 13.1. The van der Waals surface area contributed by atoms with Crippen LogP contribution in [0.25, 0.3) is 11.0 Å². The van der Waals surface area contributed by atoms with Crippen LogP contribution in [-0.2, 0) is 0 Å². The number of likely N-dealkylation sites (tertiary alicyclic amines) is 1. The SMILES string of the molecule is COc1ccc(Cl)cc1NC(=O)N1CCC(c2nc3ccccc3[nH]2)CC1. The maximum Gasteiger partial charge on any atom is 0.321 e. The van der Waals surface area contributed by atoms with Crippen molar-refractivity contribution in [3.05, 3.63) is 53.3 Å². The Morgan fingerprint density at radius 1 is 1.26 bits per heavy atom. The molecule has 1 aromatic heterocycles. The van der Waals surface area contributed by atoms with E-state index in [1.165, 1.54) is 0 Å². The maximum absolute atomic E-state index is 12.6. The van der Waals surface area contributed by atoms with Crippen molar-refractivity contribution >= 4 is 34.4 Å². The van der Waals surface area contributed by atoms with E-state index in [9.17, 15) is 4.79 Å². The summed E-state index contributed by atoms with van der Waals surface area (Å²) in [6.45, 7) is 1.35. The van der Waals surface area contributed by atoms with Gasteiger partial charge in [0.05, 0.1) is 23.8 Å². The van der Waals surface area contributed by atoms with Gasteiger partial charge in [-0.05, 0) is 43.2 Å². The van der Waals surface area contributed by atoms with E-state index in [-0.39, 0.29) is 6.03 Å². The number of fused-ring (bicyclic) bond motifs is 1. The molecule has 2 heterocycles. The number of urea groups is 1. The summed E-state index contributed by atoms with van der Waals surface area (Å²) in [5.41, 5.74) is 2.62. The van der Waals surface area contributed by atoms with Gasteiger partial charge in [-0.2, -0.15) is 0 Å². The highest BCUT2D eigenvalue weighted by Crippen LogP contribution is 2.30. The van der Waals surface area contributed by atoms with Crippen LogP contribution in [0.4, 0.5) is 10.5 Å². The number of nitrogens with one attached hydrogen (secondary N) is 2. The van der Waals surface area contributed by atoms with Gasteiger partial charge < -0.3 is 19.9 Å². The lowest BCUT2D eigenvalue weighted by atomic mass is 9.96. The summed E-state index contributed by atoms with van der Waals surface area (Å²) >= 11 is 6.03. The standard InChI is InChI=1S/C20H21ClN4O2/c1-27-18-7-6-14(21)12-17(18)24-20(26)25-10-8-13(9-11-25)19-22-15-4-2-3-5-16(15)23-19/h2-7,12-13H,8-11H2,1H3,(H,22,23)(H,24,26). The summed E-state index contributed by atoms with van der Waals surface area (Å²) < 4.78 is 5.29. The van der Waals surface area contributed by atoms with Crippen molar-refractivity contribution in [2.24, 2.45) is 0 Å². The van der Waals surface area contributed by atoms with E-state index >= 15 is 0 Å². The molecule has 3 aromatic rings. The molecule has 2 aromatic carbocycles. The van der Waals surface area contributed by atoms with Gasteiger partial charge in [0.25, 0.3) is 0 Å². The van der Waals surface area contributed by atoms with E-state index in [0.29, 0.717) is 35.5 Å². The van der Waals surface area contributed by atoms with Gasteiger partial charge in [0.15, 0.2) is 0 Å². The van der Waals surface area contributed by atoms with Crippen molar-refractivity contribution in [1.29, 1.82) is 0 Å². The van der Waals surface area contributed by atoms with Crippen LogP contribution in [0.5, 0.6) is 5.75 Å². The molecule has 27 heavy (non-hydrogen) atoms. The lowest BCUT2D eigenvalue weighted by molar-refractivity contribution is 0.193. The zero-order valence-electron chi connectivity index (χ0n) is 15.0. The quantitative estimate of drug-likeness (QED) is 0.691. The number of carbonyl (C=O) groups excluding carboxylic acids is 1. The minimum atomic E-state index is -0.140. The number of methoxy groups -OCH3 is 1. The molecule has 1 saturated heterocycles. The molecule has 0 spiro atoms. The number of para-hydroxylation sites is 2. The first-order valence-corrected chi connectivity index (χ1v) is 9.36. The van der Waals surface area contributed by atoms with Crippen LogP contribution in [0.3, 0.4) is 0 Å². The van der Waals surface area contributed by atoms with Crippen molar-refractivity contribution in [2.45, 2.75) is 18.8 Å². The van der Waals surface area contributed by atoms with Gasteiger partial charge in [-0.15, -0.1) is 0 Å². The molecule has 0 aliphatic carbocycles. The number of aromatic amines is 1. The average Bonchev–Trinajstić information content (AvgIpc) is 3.12. The second kappa shape index (κ2) is 7.48. The van der Waals surface area contributed by atoms with E-state index < -0.39 is 0 Å². The minimum Gasteiger partial charge on any atom is -0.495 e. The molecule has 1 aliphatic rings. The van der Waals surface area contributed by atoms with Gasteiger partial charge in [0.2, 0.25) is 0 Å². The largest absolute Gasteiger partial charge is 0.495 e. The average molecular weight is 385 g/mol. The maximum atomic E-state index is 12.6. The second-order valence-corrected chi connectivity index (χ2v) is 7.11. The van der Waals surface area contributed by atoms with Gasteiger partial charge in [0, 0.05) is 24.0 Å². The Hall–Kier alpha value is -2.73. The second-order valence-electron chi connectivity index (χ2n) is 6.68. The topological polar surface area (TPSA) is 70.2 Å². The van der Waals surface area contributed by atoms with E-state index in [1.54, 1.807) is 25.3 Å². The summed E-state index contributed by atoms with van der Waals surface area (Å²) in [7, 11) is 1.57. The monoisotopic (exact) mass is 384 g/mol. The van der Waals surface area contributed by atoms with Crippen LogP contribution in [0.2, 0.25) is 5.02 Å². The predicted octanol–water partition coefficient (Wildman–Crippen LogP) is 4.64. The molecule has 0 unspecified atom stereocenters. The summed E-state index contributed by atoms with van der Waals surface area (Å²) in [5, 5.41) is 3.45. The third-order valence-electron chi connectivity index (χ3n) is 4.98. The highest BCUT2D eigenvalue weighted by Gasteiger charge is 2.26. The van der Waals surface area contributed by atoms with E-state index in [4.69, 9.17) is 21.3 Å². The number of rotatable bonds is 3. The fourth-order valence-corrected chi connectivity index (χ4v) is 3.67. The molecule has 1 aliphatic heterocycles.